The van der Waals surface area contributed by atoms with Gasteiger partial charge in [0.2, 0.25) is 0 Å². The fourth-order valence-corrected chi connectivity index (χ4v) is 4.79. The molecule has 0 bridgehead atoms. The Morgan fingerprint density at radius 2 is 1.90 bits per heavy atom. The van der Waals surface area contributed by atoms with Gasteiger partial charge >= 0.3 is 0 Å². The molecule has 2 heterocycles. The van der Waals surface area contributed by atoms with Crippen LogP contribution in [0.3, 0.4) is 0 Å². The van der Waals surface area contributed by atoms with Crippen LogP contribution in [0.1, 0.15) is 22.8 Å². The smallest absolute Gasteiger partial charge is 0.196 e. The summed E-state index contributed by atoms with van der Waals surface area (Å²) >= 11 is 3.00. The van der Waals surface area contributed by atoms with E-state index in [-0.39, 0.29) is 11.0 Å². The fraction of sp³-hybridized carbons (Fsp3) is 0.174. The number of hydrogen-bond donors (Lipinski definition) is 0. The maximum absolute atomic E-state index is 12.9. The third-order valence-corrected chi connectivity index (χ3v) is 6.57. The second-order valence-electron chi connectivity index (χ2n) is 6.78. The van der Waals surface area contributed by atoms with Crippen LogP contribution in [0, 0.1) is 6.92 Å². The van der Waals surface area contributed by atoms with Crippen molar-refractivity contribution < 1.29 is 9.53 Å². The van der Waals surface area contributed by atoms with E-state index in [4.69, 9.17) is 4.74 Å². The third-order valence-electron chi connectivity index (χ3n) is 4.66. The van der Waals surface area contributed by atoms with Crippen molar-refractivity contribution in [2.24, 2.45) is 0 Å². The lowest BCUT2D eigenvalue weighted by Gasteiger charge is -2.16. The molecule has 0 aliphatic rings. The highest BCUT2D eigenvalue weighted by Crippen LogP contribution is 2.36. The van der Waals surface area contributed by atoms with Crippen molar-refractivity contribution >= 4 is 28.9 Å². The maximum atomic E-state index is 12.9. The minimum atomic E-state index is -0.317. The molecule has 2 aromatic carbocycles. The summed E-state index contributed by atoms with van der Waals surface area (Å²) in [6.45, 7) is 3.93. The first-order valence-corrected chi connectivity index (χ1v) is 11.2. The maximum Gasteiger partial charge on any atom is 0.196 e. The fourth-order valence-electron chi connectivity index (χ4n) is 3.15. The van der Waals surface area contributed by atoms with Crippen LogP contribution < -0.4 is 4.74 Å². The van der Waals surface area contributed by atoms with Crippen molar-refractivity contribution in [3.05, 3.63) is 77.2 Å². The van der Waals surface area contributed by atoms with Crippen molar-refractivity contribution in [1.29, 1.82) is 0 Å². The van der Waals surface area contributed by atoms with Crippen LogP contribution in [-0.2, 0) is 0 Å². The molecule has 0 N–H and O–H groups in total. The van der Waals surface area contributed by atoms with Gasteiger partial charge in [-0.3, -0.25) is 9.36 Å². The van der Waals surface area contributed by atoms with Gasteiger partial charge in [0.15, 0.2) is 16.8 Å². The molecule has 0 aliphatic heterocycles. The highest BCUT2D eigenvalue weighted by atomic mass is 32.2. The summed E-state index contributed by atoms with van der Waals surface area (Å²) in [7, 11) is 1.65. The van der Waals surface area contributed by atoms with Crippen molar-refractivity contribution in [1.82, 2.24) is 14.8 Å². The molecule has 1 atom stereocenters. The average Bonchev–Trinajstić information content (AvgIpc) is 3.43. The Bertz CT molecular complexity index is 1150. The van der Waals surface area contributed by atoms with Crippen molar-refractivity contribution in [3.63, 3.8) is 0 Å². The number of carbonyl (C=O) groups excluding carboxylic acids is 1. The van der Waals surface area contributed by atoms with Crippen LogP contribution in [0.25, 0.3) is 16.4 Å². The van der Waals surface area contributed by atoms with E-state index in [9.17, 15) is 4.79 Å². The van der Waals surface area contributed by atoms with E-state index in [0.29, 0.717) is 10.7 Å². The molecule has 152 valence electrons. The monoisotopic (exact) mass is 435 g/mol. The molecule has 1 unspecified atom stereocenters. The quantitative estimate of drug-likeness (QED) is 0.276. The Hall–Kier alpha value is -2.90. The lowest BCUT2D eigenvalue weighted by Crippen LogP contribution is -2.14. The average molecular weight is 436 g/mol. The number of rotatable bonds is 7. The number of hydrogen-bond acceptors (Lipinski definition) is 6. The van der Waals surface area contributed by atoms with E-state index in [1.165, 1.54) is 11.8 Å². The number of nitrogens with zero attached hydrogens (tertiary/aromatic N) is 3. The number of thiophene rings is 1. The summed E-state index contributed by atoms with van der Waals surface area (Å²) in [5.41, 5.74) is 2.64. The molecule has 7 heteroatoms. The lowest BCUT2D eigenvalue weighted by molar-refractivity contribution is 0.0994. The Kier molecular flexibility index (Phi) is 6.01. The molecular weight excluding hydrogens is 414 g/mol. The van der Waals surface area contributed by atoms with E-state index in [2.05, 4.69) is 10.2 Å². The van der Waals surface area contributed by atoms with Gasteiger partial charge in [0, 0.05) is 5.56 Å². The Morgan fingerprint density at radius 1 is 1.10 bits per heavy atom. The highest BCUT2D eigenvalue weighted by molar-refractivity contribution is 8.00. The standard InChI is InChI=1S/C23H21N3O2S2/c1-15-11-12-19(28-3)18(14-15)26-22(20-10-7-13-29-20)24-25-23(26)30-16(2)21(27)17-8-5-4-6-9-17/h4-14,16H,1-3H3. The summed E-state index contributed by atoms with van der Waals surface area (Å²) < 4.78 is 7.61. The van der Waals surface area contributed by atoms with Crippen LogP contribution in [0.4, 0.5) is 0 Å². The zero-order valence-electron chi connectivity index (χ0n) is 16.9. The van der Waals surface area contributed by atoms with Gasteiger partial charge in [0.05, 0.1) is 22.9 Å². The molecule has 0 fully saturated rings. The van der Waals surface area contributed by atoms with Gasteiger partial charge in [-0.05, 0) is 43.0 Å². The van der Waals surface area contributed by atoms with Gasteiger partial charge < -0.3 is 4.74 Å². The highest BCUT2D eigenvalue weighted by Gasteiger charge is 2.24. The Morgan fingerprint density at radius 3 is 2.60 bits per heavy atom. The number of Topliss-reactive ketones (excluding diaryl/α,β-unsaturated/α-hetero) is 1. The second kappa shape index (κ2) is 8.85. The number of methoxy groups -OCH3 is 1. The van der Waals surface area contributed by atoms with E-state index in [0.717, 1.165) is 27.7 Å². The molecule has 4 aromatic rings. The summed E-state index contributed by atoms with van der Waals surface area (Å²) in [6, 6.07) is 19.3. The van der Waals surface area contributed by atoms with Gasteiger partial charge in [0.25, 0.3) is 0 Å². The number of thioether (sulfide) groups is 1. The minimum Gasteiger partial charge on any atom is -0.495 e. The Labute approximate surface area is 183 Å². The normalized spacial score (nSPS) is 12.0. The molecule has 0 radical (unpaired) electrons. The second-order valence-corrected chi connectivity index (χ2v) is 9.04. The predicted octanol–water partition coefficient (Wildman–Crippen LogP) is 5.68. The molecule has 0 aliphatic carbocycles. The largest absolute Gasteiger partial charge is 0.495 e. The van der Waals surface area contributed by atoms with Crippen LogP contribution >= 0.6 is 23.1 Å². The molecule has 30 heavy (non-hydrogen) atoms. The van der Waals surface area contributed by atoms with Crippen molar-refractivity contribution in [3.8, 4) is 22.1 Å². The molecule has 4 rings (SSSR count). The molecule has 0 spiro atoms. The van der Waals surface area contributed by atoms with Gasteiger partial charge in [-0.1, -0.05) is 54.2 Å². The first kappa shape index (κ1) is 20.4. The molecule has 5 nitrogen and oxygen atoms in total. The summed E-state index contributed by atoms with van der Waals surface area (Å²) in [5, 5.41) is 11.3. The van der Waals surface area contributed by atoms with Gasteiger partial charge in [-0.2, -0.15) is 0 Å². The minimum absolute atomic E-state index is 0.0593. The summed E-state index contributed by atoms with van der Waals surface area (Å²) in [5.74, 6) is 1.52. The van der Waals surface area contributed by atoms with Gasteiger partial charge in [-0.25, -0.2) is 0 Å². The van der Waals surface area contributed by atoms with E-state index >= 15 is 0 Å². The molecule has 0 saturated carbocycles. The zero-order valence-corrected chi connectivity index (χ0v) is 18.5. The van der Waals surface area contributed by atoms with Crippen molar-refractivity contribution in [2.75, 3.05) is 7.11 Å². The predicted molar refractivity (Wildman–Crippen MR) is 122 cm³/mol. The SMILES string of the molecule is COc1ccc(C)cc1-n1c(SC(C)C(=O)c2ccccc2)nnc1-c1cccs1. The number of carbonyl (C=O) groups is 1. The topological polar surface area (TPSA) is 57.0 Å². The van der Waals surface area contributed by atoms with Crippen LogP contribution in [0.2, 0.25) is 0 Å². The third kappa shape index (κ3) is 4.04. The first-order valence-electron chi connectivity index (χ1n) is 9.48. The van der Waals surface area contributed by atoms with Crippen LogP contribution in [0.5, 0.6) is 5.75 Å². The van der Waals surface area contributed by atoms with Crippen LogP contribution in [-0.4, -0.2) is 32.9 Å². The van der Waals surface area contributed by atoms with Gasteiger partial charge in [0.1, 0.15) is 5.75 Å². The number of aryl methyl sites for hydroxylation is 1. The number of ketones is 1. The van der Waals surface area contributed by atoms with Crippen LogP contribution in [0.15, 0.2) is 71.2 Å². The Balaban J connectivity index is 1.78. The summed E-state index contributed by atoms with van der Waals surface area (Å²) in [6.07, 6.45) is 0. The molecule has 0 amide bonds. The van der Waals surface area contributed by atoms with E-state index < -0.39 is 0 Å². The molecule has 0 saturated heterocycles. The van der Waals surface area contributed by atoms with E-state index in [1.807, 2.05) is 84.5 Å². The first-order chi connectivity index (χ1) is 14.6. The van der Waals surface area contributed by atoms with Crippen molar-refractivity contribution in [2.45, 2.75) is 24.3 Å². The summed E-state index contributed by atoms with van der Waals surface area (Å²) in [4.78, 5) is 13.9. The zero-order chi connectivity index (χ0) is 21.1. The number of benzene rings is 2. The number of ether oxygens (including phenoxy) is 1. The molecule has 2 aromatic heterocycles. The van der Waals surface area contributed by atoms with E-state index in [1.54, 1.807) is 18.4 Å². The molecular formula is C23H21N3O2S2. The van der Waals surface area contributed by atoms with Gasteiger partial charge in [-0.15, -0.1) is 21.5 Å². The lowest BCUT2D eigenvalue weighted by atomic mass is 10.1. The number of aromatic nitrogens is 3.